The number of ether oxygens (including phenoxy) is 1. The van der Waals surface area contributed by atoms with Crippen molar-refractivity contribution in [3.05, 3.63) is 65.2 Å². The van der Waals surface area contributed by atoms with Crippen LogP contribution < -0.4 is 10.1 Å². The lowest BCUT2D eigenvalue weighted by atomic mass is 9.74. The number of nitrogens with zero attached hydrogens (tertiary/aromatic N) is 1. The van der Waals surface area contributed by atoms with Crippen molar-refractivity contribution in [1.82, 2.24) is 10.2 Å². The number of hydrogen-bond donors (Lipinski definition) is 1. The number of carbonyl (C=O) groups is 2. The molecule has 2 aliphatic heterocycles. The van der Waals surface area contributed by atoms with Crippen molar-refractivity contribution in [2.24, 2.45) is 5.41 Å². The molecule has 1 atom stereocenters. The minimum absolute atomic E-state index is 0.0398. The van der Waals surface area contributed by atoms with E-state index < -0.39 is 6.10 Å². The van der Waals surface area contributed by atoms with E-state index in [4.69, 9.17) is 4.74 Å². The van der Waals surface area contributed by atoms with Gasteiger partial charge in [-0.15, -0.1) is 0 Å². The number of aryl methyl sites for hydroxylation is 2. The molecule has 32 heavy (non-hydrogen) atoms. The van der Waals surface area contributed by atoms with E-state index >= 15 is 0 Å². The molecular formula is C27H34N2O3. The first-order valence-corrected chi connectivity index (χ1v) is 11.8. The Hall–Kier alpha value is -2.82. The third-order valence-electron chi connectivity index (χ3n) is 7.10. The van der Waals surface area contributed by atoms with Gasteiger partial charge in [-0.1, -0.05) is 42.3 Å². The number of hydrogen-bond acceptors (Lipinski definition) is 3. The van der Waals surface area contributed by atoms with Gasteiger partial charge in [0.15, 0.2) is 6.10 Å². The second kappa shape index (κ2) is 9.76. The lowest BCUT2D eigenvalue weighted by Crippen LogP contribution is -2.49. The monoisotopic (exact) mass is 434 g/mol. The number of rotatable bonds is 1. The third-order valence-corrected chi connectivity index (χ3v) is 7.10. The van der Waals surface area contributed by atoms with Gasteiger partial charge in [-0.05, 0) is 75.1 Å². The molecule has 2 heterocycles. The van der Waals surface area contributed by atoms with Crippen molar-refractivity contribution in [3.63, 3.8) is 0 Å². The van der Waals surface area contributed by atoms with Gasteiger partial charge in [0.1, 0.15) is 5.75 Å². The molecule has 1 saturated heterocycles. The predicted octanol–water partition coefficient (Wildman–Crippen LogP) is 4.53. The first-order chi connectivity index (χ1) is 15.5. The normalized spacial score (nSPS) is 21.5. The molecule has 0 radical (unpaired) electrons. The number of fused-ring (bicyclic) bond motifs is 1. The first kappa shape index (κ1) is 22.4. The van der Waals surface area contributed by atoms with Crippen molar-refractivity contribution in [1.29, 1.82) is 0 Å². The fourth-order valence-corrected chi connectivity index (χ4v) is 4.88. The summed E-state index contributed by atoms with van der Waals surface area (Å²) in [5, 5.41) is 3.16. The van der Waals surface area contributed by atoms with Crippen molar-refractivity contribution in [2.45, 2.75) is 58.5 Å². The quantitative estimate of drug-likeness (QED) is 0.718. The summed E-state index contributed by atoms with van der Waals surface area (Å²) < 4.78 is 6.00. The Morgan fingerprint density at radius 3 is 2.50 bits per heavy atom. The second-order valence-electron chi connectivity index (χ2n) is 9.45. The molecule has 0 saturated carbocycles. The molecular weight excluding hydrogens is 400 g/mol. The van der Waals surface area contributed by atoms with Gasteiger partial charge in [0.25, 0.3) is 11.8 Å². The van der Waals surface area contributed by atoms with Crippen molar-refractivity contribution >= 4 is 11.8 Å². The van der Waals surface area contributed by atoms with Crippen LogP contribution in [-0.2, 0) is 11.2 Å². The zero-order chi connectivity index (χ0) is 22.6. The van der Waals surface area contributed by atoms with Crippen molar-refractivity contribution in [2.75, 3.05) is 19.6 Å². The number of likely N-dealkylation sites (tertiary alicyclic amines) is 1. The SMILES string of the molecule is Cc1ccc(C(=O)N2CCC3(CCCCc4ccccc4O[C@H](C)C(=O)NC3)CC2)cc1. The molecule has 2 aromatic carbocycles. The summed E-state index contributed by atoms with van der Waals surface area (Å²) in [5.74, 6) is 0.849. The maximum atomic E-state index is 12.9. The van der Waals surface area contributed by atoms with E-state index in [1.807, 2.05) is 61.2 Å². The minimum atomic E-state index is -0.532. The van der Waals surface area contributed by atoms with Gasteiger partial charge in [-0.25, -0.2) is 0 Å². The number of benzene rings is 2. The average Bonchev–Trinajstić information content (AvgIpc) is 2.81. The summed E-state index contributed by atoms with van der Waals surface area (Å²) in [6.07, 6.45) is 5.52. The molecule has 1 spiro atoms. The van der Waals surface area contributed by atoms with E-state index in [0.717, 1.165) is 68.5 Å². The minimum Gasteiger partial charge on any atom is -0.481 e. The highest BCUT2D eigenvalue weighted by Gasteiger charge is 2.36. The molecule has 0 aliphatic carbocycles. The van der Waals surface area contributed by atoms with Crippen molar-refractivity contribution < 1.29 is 14.3 Å². The molecule has 0 unspecified atom stereocenters. The average molecular weight is 435 g/mol. The van der Waals surface area contributed by atoms with Gasteiger partial charge >= 0.3 is 0 Å². The maximum absolute atomic E-state index is 12.9. The van der Waals surface area contributed by atoms with Crippen LogP contribution in [0.2, 0.25) is 0 Å². The van der Waals surface area contributed by atoms with E-state index in [0.29, 0.717) is 6.54 Å². The molecule has 0 bridgehead atoms. The van der Waals surface area contributed by atoms with Gasteiger partial charge in [0.2, 0.25) is 0 Å². The van der Waals surface area contributed by atoms with Crippen LogP contribution >= 0.6 is 0 Å². The molecule has 2 aromatic rings. The lowest BCUT2D eigenvalue weighted by Gasteiger charge is -2.42. The summed E-state index contributed by atoms with van der Waals surface area (Å²) in [4.78, 5) is 27.7. The van der Waals surface area contributed by atoms with Gasteiger partial charge in [-0.3, -0.25) is 9.59 Å². The van der Waals surface area contributed by atoms with Crippen molar-refractivity contribution in [3.8, 4) is 5.75 Å². The van der Waals surface area contributed by atoms with Crippen LogP contribution in [0.15, 0.2) is 48.5 Å². The fraction of sp³-hybridized carbons (Fsp3) is 0.481. The van der Waals surface area contributed by atoms with Crippen LogP contribution in [0.4, 0.5) is 0 Å². The highest BCUT2D eigenvalue weighted by atomic mass is 16.5. The molecule has 2 amide bonds. The van der Waals surface area contributed by atoms with Crippen LogP contribution in [0.3, 0.4) is 0 Å². The van der Waals surface area contributed by atoms with Crippen LogP contribution in [0.1, 0.15) is 60.5 Å². The molecule has 4 rings (SSSR count). The summed E-state index contributed by atoms with van der Waals surface area (Å²) in [6, 6.07) is 15.8. The van der Waals surface area contributed by atoms with Crippen LogP contribution in [-0.4, -0.2) is 42.5 Å². The molecule has 2 aliphatic rings. The summed E-state index contributed by atoms with van der Waals surface area (Å²) >= 11 is 0. The molecule has 1 N–H and O–H groups in total. The van der Waals surface area contributed by atoms with Crippen LogP contribution in [0, 0.1) is 12.3 Å². The zero-order valence-electron chi connectivity index (χ0n) is 19.2. The predicted molar refractivity (Wildman–Crippen MR) is 126 cm³/mol. The summed E-state index contributed by atoms with van der Waals surface area (Å²) in [5.41, 5.74) is 3.12. The highest BCUT2D eigenvalue weighted by molar-refractivity contribution is 5.94. The number of piperidine rings is 1. The maximum Gasteiger partial charge on any atom is 0.260 e. The fourth-order valence-electron chi connectivity index (χ4n) is 4.88. The summed E-state index contributed by atoms with van der Waals surface area (Å²) in [7, 11) is 0. The summed E-state index contributed by atoms with van der Waals surface area (Å²) in [6.45, 7) is 5.96. The van der Waals surface area contributed by atoms with E-state index in [2.05, 4.69) is 11.4 Å². The largest absolute Gasteiger partial charge is 0.481 e. The standard InChI is InChI=1S/C27H34N2O3/c1-20-10-12-23(13-11-20)26(31)29-17-15-27(16-18-29)14-6-5-8-22-7-3-4-9-24(22)32-21(2)25(30)28-19-27/h3-4,7,9-13,21H,5-6,8,14-19H2,1-2H3,(H,28,30)/t21-/m1/s1. The Balaban J connectivity index is 1.43. The lowest BCUT2D eigenvalue weighted by molar-refractivity contribution is -0.128. The van der Waals surface area contributed by atoms with E-state index in [9.17, 15) is 9.59 Å². The Labute approximate surface area is 191 Å². The molecule has 5 nitrogen and oxygen atoms in total. The molecule has 1 fully saturated rings. The number of para-hydroxylation sites is 1. The van der Waals surface area contributed by atoms with Gasteiger partial charge < -0.3 is 15.0 Å². The second-order valence-corrected chi connectivity index (χ2v) is 9.45. The third kappa shape index (κ3) is 5.14. The Morgan fingerprint density at radius 1 is 1.03 bits per heavy atom. The van der Waals surface area contributed by atoms with Gasteiger partial charge in [-0.2, -0.15) is 0 Å². The number of carbonyl (C=O) groups excluding carboxylic acids is 2. The Kier molecular flexibility index (Phi) is 6.83. The smallest absolute Gasteiger partial charge is 0.260 e. The topological polar surface area (TPSA) is 58.6 Å². The molecule has 5 heteroatoms. The zero-order valence-corrected chi connectivity index (χ0v) is 19.2. The highest BCUT2D eigenvalue weighted by Crippen LogP contribution is 2.37. The van der Waals surface area contributed by atoms with E-state index in [1.54, 1.807) is 0 Å². The first-order valence-electron chi connectivity index (χ1n) is 11.8. The van der Waals surface area contributed by atoms with E-state index in [-0.39, 0.29) is 17.2 Å². The Morgan fingerprint density at radius 2 is 1.75 bits per heavy atom. The van der Waals surface area contributed by atoms with E-state index in [1.165, 1.54) is 5.56 Å². The Bertz CT molecular complexity index is 946. The number of amides is 2. The van der Waals surface area contributed by atoms with Gasteiger partial charge in [0.05, 0.1) is 0 Å². The molecule has 0 aromatic heterocycles. The van der Waals surface area contributed by atoms with Gasteiger partial charge in [0, 0.05) is 25.2 Å². The van der Waals surface area contributed by atoms with Crippen LogP contribution in [0.25, 0.3) is 0 Å². The number of nitrogens with one attached hydrogen (secondary N) is 1. The van der Waals surface area contributed by atoms with Crippen LogP contribution in [0.5, 0.6) is 5.75 Å². The molecule has 170 valence electrons.